The van der Waals surface area contributed by atoms with Gasteiger partial charge in [-0.2, -0.15) is 5.26 Å². The number of rotatable bonds is 5. The monoisotopic (exact) mass is 318 g/mol. The summed E-state index contributed by atoms with van der Waals surface area (Å²) in [5.74, 6) is -0.235. The molecule has 1 aromatic rings. The van der Waals surface area contributed by atoms with E-state index in [4.69, 9.17) is 19.5 Å². The highest BCUT2D eigenvalue weighted by Gasteiger charge is 2.37. The minimum atomic E-state index is -0.831. The molecule has 1 heterocycles. The summed E-state index contributed by atoms with van der Waals surface area (Å²) in [5, 5.41) is 8.69. The SMILES string of the molecule is COc1ccc(N2C[C@@H](C(=O)O[C@@H](C)C#N)CC2=O)c(OC)c1. The van der Waals surface area contributed by atoms with Gasteiger partial charge in [0.25, 0.3) is 0 Å². The van der Waals surface area contributed by atoms with Gasteiger partial charge in [0.05, 0.1) is 25.8 Å². The average molecular weight is 318 g/mol. The second-order valence-electron chi connectivity index (χ2n) is 5.15. The van der Waals surface area contributed by atoms with Gasteiger partial charge in [0.1, 0.15) is 17.6 Å². The smallest absolute Gasteiger partial charge is 0.312 e. The van der Waals surface area contributed by atoms with Gasteiger partial charge >= 0.3 is 5.97 Å². The van der Waals surface area contributed by atoms with Crippen LogP contribution in [0.3, 0.4) is 0 Å². The second-order valence-corrected chi connectivity index (χ2v) is 5.15. The van der Waals surface area contributed by atoms with Gasteiger partial charge in [0.15, 0.2) is 6.10 Å². The number of methoxy groups -OCH3 is 2. The first-order valence-corrected chi connectivity index (χ1v) is 7.12. The summed E-state index contributed by atoms with van der Waals surface area (Å²) in [7, 11) is 3.04. The Kier molecular flexibility index (Phi) is 5.06. The molecule has 1 saturated heterocycles. The zero-order valence-electron chi connectivity index (χ0n) is 13.2. The fourth-order valence-electron chi connectivity index (χ4n) is 2.40. The van der Waals surface area contributed by atoms with E-state index in [1.807, 2.05) is 6.07 Å². The number of carbonyl (C=O) groups is 2. The van der Waals surface area contributed by atoms with Crippen LogP contribution in [-0.2, 0) is 14.3 Å². The Labute approximate surface area is 134 Å². The molecule has 23 heavy (non-hydrogen) atoms. The number of hydrogen-bond acceptors (Lipinski definition) is 6. The number of ether oxygens (including phenoxy) is 3. The van der Waals surface area contributed by atoms with Gasteiger partial charge in [-0.15, -0.1) is 0 Å². The third-order valence-corrected chi connectivity index (χ3v) is 3.61. The van der Waals surface area contributed by atoms with E-state index in [1.54, 1.807) is 18.2 Å². The molecule has 1 aliphatic heterocycles. The first kappa shape index (κ1) is 16.6. The van der Waals surface area contributed by atoms with Crippen LogP contribution in [0, 0.1) is 17.2 Å². The highest BCUT2D eigenvalue weighted by molar-refractivity contribution is 6.00. The Morgan fingerprint density at radius 3 is 2.74 bits per heavy atom. The molecule has 0 aromatic heterocycles. The quantitative estimate of drug-likeness (QED) is 0.765. The molecule has 1 aromatic carbocycles. The van der Waals surface area contributed by atoms with E-state index >= 15 is 0 Å². The van der Waals surface area contributed by atoms with Crippen LogP contribution in [0.5, 0.6) is 11.5 Å². The maximum atomic E-state index is 12.2. The molecule has 7 nitrogen and oxygen atoms in total. The third-order valence-electron chi connectivity index (χ3n) is 3.61. The number of nitrogens with zero attached hydrogens (tertiary/aromatic N) is 2. The van der Waals surface area contributed by atoms with Crippen LogP contribution in [0.1, 0.15) is 13.3 Å². The number of carbonyl (C=O) groups excluding carboxylic acids is 2. The molecule has 2 rings (SSSR count). The summed E-state index contributed by atoms with van der Waals surface area (Å²) in [6, 6.07) is 6.93. The lowest BCUT2D eigenvalue weighted by Gasteiger charge is -2.20. The van der Waals surface area contributed by atoms with Gasteiger partial charge in [-0.05, 0) is 19.1 Å². The Balaban J connectivity index is 2.18. The van der Waals surface area contributed by atoms with E-state index < -0.39 is 18.0 Å². The lowest BCUT2D eigenvalue weighted by atomic mass is 10.1. The Morgan fingerprint density at radius 1 is 1.39 bits per heavy atom. The van der Waals surface area contributed by atoms with E-state index in [0.717, 1.165) is 0 Å². The van der Waals surface area contributed by atoms with E-state index in [0.29, 0.717) is 17.2 Å². The van der Waals surface area contributed by atoms with Crippen molar-refractivity contribution in [1.82, 2.24) is 0 Å². The molecule has 1 aliphatic rings. The highest BCUT2D eigenvalue weighted by Crippen LogP contribution is 2.36. The van der Waals surface area contributed by atoms with Crippen molar-refractivity contribution in [3.05, 3.63) is 18.2 Å². The normalized spacial score (nSPS) is 18.3. The Morgan fingerprint density at radius 2 is 2.13 bits per heavy atom. The maximum Gasteiger partial charge on any atom is 0.312 e. The van der Waals surface area contributed by atoms with E-state index in [-0.39, 0.29) is 18.9 Å². The number of hydrogen-bond donors (Lipinski definition) is 0. The highest BCUT2D eigenvalue weighted by atomic mass is 16.5. The van der Waals surface area contributed by atoms with Crippen molar-refractivity contribution in [1.29, 1.82) is 5.26 Å². The average Bonchev–Trinajstić information content (AvgIpc) is 2.95. The van der Waals surface area contributed by atoms with Gasteiger partial charge in [-0.3, -0.25) is 9.59 Å². The number of nitriles is 1. The lowest BCUT2D eigenvalue weighted by Crippen LogP contribution is -2.27. The van der Waals surface area contributed by atoms with Gasteiger partial charge in [-0.25, -0.2) is 0 Å². The Bertz CT molecular complexity index is 652. The molecule has 0 aliphatic carbocycles. The van der Waals surface area contributed by atoms with Crippen LogP contribution >= 0.6 is 0 Å². The summed E-state index contributed by atoms with van der Waals surface area (Å²) >= 11 is 0. The van der Waals surface area contributed by atoms with Gasteiger partial charge in [-0.1, -0.05) is 0 Å². The molecule has 0 radical (unpaired) electrons. The number of anilines is 1. The molecule has 2 atom stereocenters. The van der Waals surface area contributed by atoms with Crippen molar-refractivity contribution in [2.75, 3.05) is 25.7 Å². The van der Waals surface area contributed by atoms with Crippen LogP contribution < -0.4 is 14.4 Å². The van der Waals surface area contributed by atoms with Crippen molar-refractivity contribution >= 4 is 17.6 Å². The summed E-state index contributed by atoms with van der Waals surface area (Å²) in [4.78, 5) is 25.7. The van der Waals surface area contributed by atoms with Crippen LogP contribution in [0.15, 0.2) is 18.2 Å². The van der Waals surface area contributed by atoms with Crippen LogP contribution in [0.2, 0.25) is 0 Å². The summed E-state index contributed by atoms with van der Waals surface area (Å²) < 4.78 is 15.4. The Hall–Kier alpha value is -2.75. The predicted octanol–water partition coefficient (Wildman–Crippen LogP) is 1.51. The van der Waals surface area contributed by atoms with E-state index in [2.05, 4.69) is 0 Å². The molecule has 1 amide bonds. The molecule has 0 saturated carbocycles. The van der Waals surface area contributed by atoms with Crippen molar-refractivity contribution in [2.24, 2.45) is 5.92 Å². The first-order chi connectivity index (χ1) is 11.0. The van der Waals surface area contributed by atoms with Crippen molar-refractivity contribution < 1.29 is 23.8 Å². The summed E-state index contributed by atoms with van der Waals surface area (Å²) in [5.41, 5.74) is 0.571. The lowest BCUT2D eigenvalue weighted by molar-refractivity contribution is -0.150. The minimum Gasteiger partial charge on any atom is -0.497 e. The molecule has 0 spiro atoms. The van der Waals surface area contributed by atoms with Gasteiger partial charge in [0, 0.05) is 19.0 Å². The zero-order chi connectivity index (χ0) is 17.0. The van der Waals surface area contributed by atoms with Crippen molar-refractivity contribution in [3.8, 4) is 17.6 Å². The molecule has 1 fully saturated rings. The van der Waals surface area contributed by atoms with Crippen LogP contribution in [0.25, 0.3) is 0 Å². The van der Waals surface area contributed by atoms with E-state index in [9.17, 15) is 9.59 Å². The minimum absolute atomic E-state index is 0.0478. The largest absolute Gasteiger partial charge is 0.497 e. The van der Waals surface area contributed by atoms with Crippen LogP contribution in [-0.4, -0.2) is 38.7 Å². The van der Waals surface area contributed by atoms with Gasteiger partial charge in [0.2, 0.25) is 5.91 Å². The standard InChI is InChI=1S/C16H18N2O5/c1-10(8-17)23-16(20)11-6-15(19)18(9-11)13-5-4-12(21-2)7-14(13)22-3/h4-5,7,10-11H,6,9H2,1-3H3/t10-,11-/m0/s1. The maximum absolute atomic E-state index is 12.2. The summed E-state index contributed by atoms with van der Waals surface area (Å²) in [6.45, 7) is 1.68. The second kappa shape index (κ2) is 7.01. The van der Waals surface area contributed by atoms with Crippen molar-refractivity contribution in [3.63, 3.8) is 0 Å². The fraction of sp³-hybridized carbons (Fsp3) is 0.438. The number of benzene rings is 1. The molecule has 0 bridgehead atoms. The number of esters is 1. The molecular weight excluding hydrogens is 300 g/mol. The topological polar surface area (TPSA) is 88.9 Å². The molecular formula is C16H18N2O5. The molecule has 0 N–H and O–H groups in total. The van der Waals surface area contributed by atoms with E-state index in [1.165, 1.54) is 26.0 Å². The predicted molar refractivity (Wildman–Crippen MR) is 81.2 cm³/mol. The zero-order valence-corrected chi connectivity index (χ0v) is 13.2. The third kappa shape index (κ3) is 3.54. The summed E-state index contributed by atoms with van der Waals surface area (Å²) in [6.07, 6.45) is -0.784. The molecule has 7 heteroatoms. The molecule has 122 valence electrons. The van der Waals surface area contributed by atoms with Crippen LogP contribution in [0.4, 0.5) is 5.69 Å². The fourth-order valence-corrected chi connectivity index (χ4v) is 2.40. The number of amides is 1. The van der Waals surface area contributed by atoms with Crippen molar-refractivity contribution in [2.45, 2.75) is 19.4 Å². The van der Waals surface area contributed by atoms with Gasteiger partial charge < -0.3 is 19.1 Å². The molecule has 0 unspecified atom stereocenters. The first-order valence-electron chi connectivity index (χ1n) is 7.12.